The van der Waals surface area contributed by atoms with Gasteiger partial charge in [0.05, 0.1) is 6.61 Å². The first-order valence-electron chi connectivity index (χ1n) is 8.34. The van der Waals surface area contributed by atoms with Gasteiger partial charge in [-0.25, -0.2) is 0 Å². The first kappa shape index (κ1) is 17.5. The Hall–Kier alpha value is -2.29. The van der Waals surface area contributed by atoms with Gasteiger partial charge >= 0.3 is 0 Å². The van der Waals surface area contributed by atoms with Crippen LogP contribution in [0, 0.1) is 0 Å². The Balaban J connectivity index is 1.74. The van der Waals surface area contributed by atoms with Crippen LogP contribution in [0.2, 0.25) is 0 Å². The van der Waals surface area contributed by atoms with Crippen LogP contribution < -0.4 is 16.4 Å². The van der Waals surface area contributed by atoms with E-state index in [9.17, 15) is 14.4 Å². The fourth-order valence-corrected chi connectivity index (χ4v) is 3.29. The minimum Gasteiger partial charge on any atom is -0.395 e. The summed E-state index contributed by atoms with van der Waals surface area (Å²) < 4.78 is 0. The van der Waals surface area contributed by atoms with Crippen LogP contribution in [0.25, 0.3) is 0 Å². The average molecular weight is 346 g/mol. The molecule has 3 amide bonds. The van der Waals surface area contributed by atoms with E-state index in [0.717, 1.165) is 11.1 Å². The van der Waals surface area contributed by atoms with E-state index in [1.165, 1.54) is 4.90 Å². The van der Waals surface area contributed by atoms with Crippen LogP contribution >= 0.6 is 0 Å². The number of imide groups is 1. The summed E-state index contributed by atoms with van der Waals surface area (Å²) in [6.45, 7) is 1.14. The van der Waals surface area contributed by atoms with Gasteiger partial charge in [0, 0.05) is 37.7 Å². The number of hydrogen-bond acceptors (Lipinski definition) is 6. The number of nitrogens with two attached hydrogens (primary N) is 1. The summed E-state index contributed by atoms with van der Waals surface area (Å²) in [7, 11) is 0. The molecule has 134 valence electrons. The predicted molar refractivity (Wildman–Crippen MR) is 89.3 cm³/mol. The molecule has 2 aliphatic rings. The second-order valence-electron chi connectivity index (χ2n) is 6.42. The monoisotopic (exact) mass is 346 g/mol. The van der Waals surface area contributed by atoms with Crippen molar-refractivity contribution in [3.8, 4) is 0 Å². The van der Waals surface area contributed by atoms with E-state index in [-0.39, 0.29) is 30.9 Å². The van der Waals surface area contributed by atoms with E-state index >= 15 is 0 Å². The van der Waals surface area contributed by atoms with E-state index in [1.807, 2.05) is 18.2 Å². The Labute approximate surface area is 145 Å². The molecule has 8 nitrogen and oxygen atoms in total. The molecule has 0 aromatic heterocycles. The predicted octanol–water partition coefficient (Wildman–Crippen LogP) is -1.14. The van der Waals surface area contributed by atoms with Gasteiger partial charge in [-0.05, 0) is 17.5 Å². The Bertz CT molecular complexity index is 706. The zero-order valence-corrected chi connectivity index (χ0v) is 13.8. The van der Waals surface area contributed by atoms with Gasteiger partial charge in [-0.15, -0.1) is 0 Å². The van der Waals surface area contributed by atoms with Crippen LogP contribution in [0.3, 0.4) is 0 Å². The molecular formula is C17H22N4O4. The molecule has 25 heavy (non-hydrogen) atoms. The van der Waals surface area contributed by atoms with Gasteiger partial charge in [0.15, 0.2) is 0 Å². The van der Waals surface area contributed by atoms with Crippen molar-refractivity contribution in [2.75, 3.05) is 13.2 Å². The van der Waals surface area contributed by atoms with Crippen molar-refractivity contribution in [3.63, 3.8) is 0 Å². The van der Waals surface area contributed by atoms with Gasteiger partial charge in [-0.2, -0.15) is 0 Å². The topological polar surface area (TPSA) is 125 Å². The van der Waals surface area contributed by atoms with E-state index in [0.29, 0.717) is 31.6 Å². The lowest BCUT2D eigenvalue weighted by molar-refractivity contribution is -0.136. The van der Waals surface area contributed by atoms with Gasteiger partial charge in [-0.1, -0.05) is 18.2 Å². The highest BCUT2D eigenvalue weighted by Crippen LogP contribution is 2.29. The van der Waals surface area contributed by atoms with Crippen LogP contribution in [0.1, 0.15) is 34.3 Å². The van der Waals surface area contributed by atoms with Crippen LogP contribution in [0.5, 0.6) is 0 Å². The van der Waals surface area contributed by atoms with E-state index in [4.69, 9.17) is 10.8 Å². The van der Waals surface area contributed by atoms with Crippen LogP contribution in [0.15, 0.2) is 18.2 Å². The molecule has 3 rings (SSSR count). The summed E-state index contributed by atoms with van der Waals surface area (Å²) in [5.41, 5.74) is 7.98. The van der Waals surface area contributed by atoms with E-state index in [1.54, 1.807) is 0 Å². The average Bonchev–Trinajstić information content (AvgIpc) is 2.92. The summed E-state index contributed by atoms with van der Waals surface area (Å²) >= 11 is 0. The lowest BCUT2D eigenvalue weighted by Gasteiger charge is -2.29. The summed E-state index contributed by atoms with van der Waals surface area (Å²) in [6, 6.07) is 4.65. The molecule has 0 radical (unpaired) electrons. The zero-order valence-electron chi connectivity index (χ0n) is 13.8. The maximum Gasteiger partial charge on any atom is 0.255 e. The molecule has 2 aliphatic heterocycles. The molecule has 0 bridgehead atoms. The Morgan fingerprint density at radius 2 is 2.16 bits per heavy atom. The Kier molecular flexibility index (Phi) is 5.12. The SMILES string of the molecule is NC(CO)CNCc1cccc2c1C(=O)N(C1CCC(=O)NC1=O)C2. The second-order valence-corrected chi connectivity index (χ2v) is 6.42. The molecular weight excluding hydrogens is 324 g/mol. The van der Waals surface area contributed by atoms with Gasteiger partial charge in [0.1, 0.15) is 6.04 Å². The number of carbonyl (C=O) groups excluding carboxylic acids is 3. The van der Waals surface area contributed by atoms with E-state index in [2.05, 4.69) is 10.6 Å². The molecule has 0 aliphatic carbocycles. The maximum absolute atomic E-state index is 12.9. The van der Waals surface area contributed by atoms with E-state index < -0.39 is 11.9 Å². The number of carbonyl (C=O) groups is 3. The summed E-state index contributed by atoms with van der Waals surface area (Å²) in [6.07, 6.45) is 0.591. The maximum atomic E-state index is 12.9. The Morgan fingerprint density at radius 3 is 2.88 bits per heavy atom. The van der Waals surface area contributed by atoms with Crippen LogP contribution in [0.4, 0.5) is 0 Å². The standard InChI is InChI=1S/C17H22N4O4/c18-12(9-22)7-19-6-10-2-1-3-11-8-21(17(25)15(10)11)13-4-5-14(23)20-16(13)24/h1-3,12-13,19,22H,4-9,18H2,(H,20,23,24). The quantitative estimate of drug-likeness (QED) is 0.483. The number of aliphatic hydroxyl groups excluding tert-OH is 1. The van der Waals surface area contributed by atoms with Crippen LogP contribution in [-0.4, -0.2) is 53.0 Å². The molecule has 2 atom stereocenters. The first-order chi connectivity index (χ1) is 12.0. The molecule has 1 aromatic rings. The minimum absolute atomic E-state index is 0.109. The third kappa shape index (κ3) is 3.55. The normalized spacial score (nSPS) is 21.3. The van der Waals surface area contributed by atoms with Crippen molar-refractivity contribution in [3.05, 3.63) is 34.9 Å². The number of benzene rings is 1. The number of fused-ring (bicyclic) bond motifs is 1. The van der Waals surface area contributed by atoms with Crippen molar-refractivity contribution in [2.24, 2.45) is 5.73 Å². The minimum atomic E-state index is -0.610. The molecule has 8 heteroatoms. The van der Waals surface area contributed by atoms with Gasteiger partial charge in [-0.3, -0.25) is 19.7 Å². The van der Waals surface area contributed by atoms with Crippen LogP contribution in [-0.2, 0) is 22.7 Å². The second kappa shape index (κ2) is 7.30. The smallest absolute Gasteiger partial charge is 0.255 e. The third-order valence-corrected chi connectivity index (χ3v) is 4.60. The molecule has 2 heterocycles. The molecule has 1 saturated heterocycles. The Morgan fingerprint density at radius 1 is 1.36 bits per heavy atom. The summed E-state index contributed by atoms with van der Waals surface area (Å²) in [5, 5.41) is 14.4. The first-order valence-corrected chi connectivity index (χ1v) is 8.34. The highest BCUT2D eigenvalue weighted by molar-refractivity contribution is 6.05. The fourth-order valence-electron chi connectivity index (χ4n) is 3.29. The van der Waals surface area contributed by atoms with Gasteiger partial charge < -0.3 is 21.1 Å². The van der Waals surface area contributed by atoms with Crippen molar-refractivity contribution >= 4 is 17.7 Å². The zero-order chi connectivity index (χ0) is 18.0. The third-order valence-electron chi connectivity index (χ3n) is 4.60. The molecule has 5 N–H and O–H groups in total. The molecule has 0 saturated carbocycles. The van der Waals surface area contributed by atoms with Crippen molar-refractivity contribution in [1.29, 1.82) is 0 Å². The van der Waals surface area contributed by atoms with Crippen molar-refractivity contribution < 1.29 is 19.5 Å². The number of nitrogens with zero attached hydrogens (tertiary/aromatic N) is 1. The highest BCUT2D eigenvalue weighted by atomic mass is 16.3. The lowest BCUT2D eigenvalue weighted by atomic mass is 10.0. The molecule has 1 aromatic carbocycles. The largest absolute Gasteiger partial charge is 0.395 e. The molecule has 0 spiro atoms. The van der Waals surface area contributed by atoms with Crippen molar-refractivity contribution in [1.82, 2.24) is 15.5 Å². The summed E-state index contributed by atoms with van der Waals surface area (Å²) in [4.78, 5) is 37.8. The fraction of sp³-hybridized carbons (Fsp3) is 0.471. The molecule has 2 unspecified atom stereocenters. The summed E-state index contributed by atoms with van der Waals surface area (Å²) in [5.74, 6) is -0.894. The number of aliphatic hydroxyl groups is 1. The number of piperidine rings is 1. The number of amides is 3. The molecule has 1 fully saturated rings. The number of nitrogens with one attached hydrogen (secondary N) is 2. The van der Waals surface area contributed by atoms with Gasteiger partial charge in [0.25, 0.3) is 5.91 Å². The lowest BCUT2D eigenvalue weighted by Crippen LogP contribution is -2.52. The number of hydrogen-bond donors (Lipinski definition) is 4. The number of rotatable bonds is 6. The van der Waals surface area contributed by atoms with Gasteiger partial charge in [0.2, 0.25) is 11.8 Å². The van der Waals surface area contributed by atoms with Crippen molar-refractivity contribution in [2.45, 2.75) is 38.0 Å². The highest BCUT2D eigenvalue weighted by Gasteiger charge is 2.39.